The Morgan fingerprint density at radius 2 is 1.82 bits per heavy atom. The summed E-state index contributed by atoms with van der Waals surface area (Å²) in [6, 6.07) is 8.69. The maximum absolute atomic E-state index is 3.70. The Hall–Kier alpha value is -0.820. The molecule has 0 bridgehead atoms. The van der Waals surface area contributed by atoms with Crippen molar-refractivity contribution >= 4 is 0 Å². The van der Waals surface area contributed by atoms with Crippen LogP contribution in [-0.4, -0.2) is 0 Å². The third-order valence-electron chi connectivity index (χ3n) is 1.81. The Morgan fingerprint density at radius 1 is 1.27 bits per heavy atom. The van der Waals surface area contributed by atoms with Crippen molar-refractivity contribution in [3.8, 4) is 0 Å². The highest BCUT2D eigenvalue weighted by Crippen LogP contribution is 2.03. The van der Waals surface area contributed by atoms with Crippen molar-refractivity contribution in [2.45, 2.75) is 19.9 Å². The number of hydrogen-bond donors (Lipinski definition) is 1. The molecule has 0 aliphatic heterocycles. The summed E-state index contributed by atoms with van der Waals surface area (Å²) in [6.07, 6.45) is 1.12. The monoisotopic (exact) mass is 151 g/mol. The molecule has 0 radical (unpaired) electrons. The Balaban J connectivity index is 0.00000121. The molecule has 0 saturated carbocycles. The number of quaternary nitrogens is 1. The van der Waals surface area contributed by atoms with Crippen LogP contribution in [0.15, 0.2) is 24.3 Å². The van der Waals surface area contributed by atoms with E-state index in [-0.39, 0.29) is 1.43 Å². The van der Waals surface area contributed by atoms with E-state index in [0.29, 0.717) is 0 Å². The van der Waals surface area contributed by atoms with Gasteiger partial charge in [-0.3, -0.25) is 0 Å². The van der Waals surface area contributed by atoms with Gasteiger partial charge in [-0.25, -0.2) is 0 Å². The van der Waals surface area contributed by atoms with E-state index in [0.717, 1.165) is 13.0 Å². The van der Waals surface area contributed by atoms with Gasteiger partial charge in [-0.05, 0) is 12.0 Å². The van der Waals surface area contributed by atoms with E-state index < -0.39 is 0 Å². The summed E-state index contributed by atoms with van der Waals surface area (Å²) >= 11 is 0. The summed E-state index contributed by atoms with van der Waals surface area (Å²) in [7, 11) is 3.70. The molecule has 0 amide bonds. The zero-order chi connectivity index (χ0) is 8.10. The predicted octanol–water partition coefficient (Wildman–Crippen LogP) is 1.35. The summed E-state index contributed by atoms with van der Waals surface area (Å²) < 4.78 is 0. The summed E-state index contributed by atoms with van der Waals surface area (Å²) in [5, 5.41) is 1.93. The molecule has 2 N–H and O–H groups in total. The standard InChI is InChI=1S/C10H15N.H2/c1-3-9-4-6-10(7-5-9)8-11-2;/h4-7H,2-3,8,11H2,1H3;1H. The fourth-order valence-electron chi connectivity index (χ4n) is 1.08. The number of aryl methyl sites for hydroxylation is 1. The van der Waals surface area contributed by atoms with E-state index in [1.54, 1.807) is 0 Å². The third kappa shape index (κ3) is 2.35. The van der Waals surface area contributed by atoms with Gasteiger partial charge in [-0.15, -0.1) is 0 Å². The second-order valence-corrected chi connectivity index (χ2v) is 2.66. The molecule has 0 unspecified atom stereocenters. The van der Waals surface area contributed by atoms with Gasteiger partial charge in [-0.2, -0.15) is 7.05 Å². The lowest BCUT2D eigenvalue weighted by molar-refractivity contribution is -0.612. The topological polar surface area (TPSA) is 16.6 Å². The van der Waals surface area contributed by atoms with Crippen LogP contribution in [0.4, 0.5) is 0 Å². The van der Waals surface area contributed by atoms with Crippen LogP contribution in [0.5, 0.6) is 0 Å². The highest BCUT2D eigenvalue weighted by atomic mass is 14.8. The van der Waals surface area contributed by atoms with E-state index in [1.165, 1.54) is 11.1 Å². The third-order valence-corrected chi connectivity index (χ3v) is 1.81. The molecule has 0 aliphatic rings. The minimum Gasteiger partial charge on any atom is -0.475 e. The highest BCUT2D eigenvalue weighted by Gasteiger charge is 1.90. The number of rotatable bonds is 3. The molecule has 0 spiro atoms. The van der Waals surface area contributed by atoms with Crippen molar-refractivity contribution in [2.24, 2.45) is 0 Å². The molecule has 62 valence electrons. The van der Waals surface area contributed by atoms with Gasteiger partial charge in [0.05, 0.1) is 6.54 Å². The van der Waals surface area contributed by atoms with Crippen LogP contribution in [-0.2, 0) is 13.0 Å². The Morgan fingerprint density at radius 3 is 2.27 bits per heavy atom. The molecule has 0 atom stereocenters. The molecular formula is C10H17N. The van der Waals surface area contributed by atoms with Gasteiger partial charge in [0.25, 0.3) is 0 Å². The first kappa shape index (κ1) is 8.28. The molecule has 1 heteroatoms. The van der Waals surface area contributed by atoms with Crippen LogP contribution < -0.4 is 5.32 Å². The maximum Gasteiger partial charge on any atom is 0.0773 e. The van der Waals surface area contributed by atoms with Crippen molar-refractivity contribution in [3.05, 3.63) is 42.4 Å². The Bertz CT molecular complexity index is 206. The minimum atomic E-state index is 0. The molecule has 1 rings (SSSR count). The lowest BCUT2D eigenvalue weighted by Gasteiger charge is -2.01. The summed E-state index contributed by atoms with van der Waals surface area (Å²) in [4.78, 5) is 0. The zero-order valence-electron chi connectivity index (χ0n) is 7.01. The SMILES string of the molecule is [CH2-][NH2+]Cc1ccc(CC)cc1.[HH]. The summed E-state index contributed by atoms with van der Waals surface area (Å²) in [6.45, 7) is 3.15. The van der Waals surface area contributed by atoms with Crippen LogP contribution in [0.2, 0.25) is 0 Å². The quantitative estimate of drug-likeness (QED) is 0.628. The van der Waals surface area contributed by atoms with Gasteiger partial charge >= 0.3 is 0 Å². The average molecular weight is 151 g/mol. The van der Waals surface area contributed by atoms with Gasteiger partial charge in [0, 0.05) is 6.99 Å². The lowest BCUT2D eigenvalue weighted by Crippen LogP contribution is -2.74. The van der Waals surface area contributed by atoms with E-state index >= 15 is 0 Å². The number of hydrogen-bond acceptors (Lipinski definition) is 0. The normalized spacial score (nSPS) is 10.0. The summed E-state index contributed by atoms with van der Waals surface area (Å²) in [5.74, 6) is 0. The molecule has 0 aliphatic carbocycles. The van der Waals surface area contributed by atoms with Gasteiger partial charge in [0.15, 0.2) is 0 Å². The largest absolute Gasteiger partial charge is 0.475 e. The van der Waals surface area contributed by atoms with Crippen LogP contribution in [0.25, 0.3) is 0 Å². The lowest BCUT2D eigenvalue weighted by atomic mass is 10.1. The molecule has 0 heterocycles. The molecule has 1 nitrogen and oxygen atoms in total. The molecule has 11 heavy (non-hydrogen) atoms. The molecular weight excluding hydrogens is 134 g/mol. The minimum absolute atomic E-state index is 0. The van der Waals surface area contributed by atoms with Crippen LogP contribution in [0.3, 0.4) is 0 Å². The molecule has 0 fully saturated rings. The van der Waals surface area contributed by atoms with Crippen LogP contribution in [0.1, 0.15) is 19.5 Å². The molecule has 0 saturated heterocycles. The van der Waals surface area contributed by atoms with E-state index in [1.807, 2.05) is 5.32 Å². The second kappa shape index (κ2) is 4.14. The molecule has 1 aromatic rings. The van der Waals surface area contributed by atoms with E-state index in [2.05, 4.69) is 38.2 Å². The van der Waals surface area contributed by atoms with Crippen LogP contribution >= 0.6 is 0 Å². The maximum atomic E-state index is 3.70. The van der Waals surface area contributed by atoms with Gasteiger partial charge in [0.1, 0.15) is 0 Å². The van der Waals surface area contributed by atoms with E-state index in [9.17, 15) is 0 Å². The molecule has 0 aromatic heterocycles. The van der Waals surface area contributed by atoms with E-state index in [4.69, 9.17) is 0 Å². The van der Waals surface area contributed by atoms with Gasteiger partial charge in [0.2, 0.25) is 0 Å². The van der Waals surface area contributed by atoms with Crippen molar-refractivity contribution in [1.29, 1.82) is 0 Å². The highest BCUT2D eigenvalue weighted by molar-refractivity contribution is 5.21. The fourth-order valence-corrected chi connectivity index (χ4v) is 1.08. The first-order valence-corrected chi connectivity index (χ1v) is 4.05. The van der Waals surface area contributed by atoms with Crippen molar-refractivity contribution in [3.63, 3.8) is 0 Å². The predicted molar refractivity (Wildman–Crippen MR) is 48.9 cm³/mol. The fraction of sp³-hybridized carbons (Fsp3) is 0.300. The summed E-state index contributed by atoms with van der Waals surface area (Å²) in [5.41, 5.74) is 2.75. The smallest absolute Gasteiger partial charge is 0.0773 e. The van der Waals surface area contributed by atoms with Crippen molar-refractivity contribution in [1.82, 2.24) is 0 Å². The zero-order valence-corrected chi connectivity index (χ0v) is 7.01. The first-order valence-electron chi connectivity index (χ1n) is 4.05. The Labute approximate surface area is 69.9 Å². The molecule has 1 aromatic carbocycles. The van der Waals surface area contributed by atoms with Gasteiger partial charge < -0.3 is 5.32 Å². The van der Waals surface area contributed by atoms with Gasteiger partial charge in [-0.1, -0.05) is 31.2 Å². The number of nitrogens with two attached hydrogens (primary N) is 1. The van der Waals surface area contributed by atoms with Crippen LogP contribution in [0, 0.1) is 7.05 Å². The first-order chi connectivity index (χ1) is 5.36. The average Bonchev–Trinajstić information content (AvgIpc) is 2.07. The second-order valence-electron chi connectivity index (χ2n) is 2.66. The van der Waals surface area contributed by atoms with Crippen molar-refractivity contribution in [2.75, 3.05) is 0 Å². The van der Waals surface area contributed by atoms with Crippen molar-refractivity contribution < 1.29 is 6.74 Å². The Kier molecular flexibility index (Phi) is 3.12. The number of benzene rings is 1.